The Morgan fingerprint density at radius 3 is 1.80 bits per heavy atom. The maximum atomic E-state index is 12.0. The van der Waals surface area contributed by atoms with Crippen molar-refractivity contribution in [3.8, 4) is 0 Å². The van der Waals surface area contributed by atoms with Gasteiger partial charge in [-0.25, -0.2) is 0 Å². The summed E-state index contributed by atoms with van der Waals surface area (Å²) in [7, 11) is 1.91. The molecule has 0 unspecified atom stereocenters. The minimum Gasteiger partial charge on any atom is -0.343 e. The fourth-order valence-electron chi connectivity index (χ4n) is 1.75. The molecule has 0 aromatic rings. The zero-order valence-corrected chi connectivity index (χ0v) is 11.6. The first-order chi connectivity index (χ1) is 6.45. The lowest BCUT2D eigenvalue weighted by molar-refractivity contribution is -0.140. The molecule has 0 rings (SSSR count). The Labute approximate surface area is 95.0 Å². The van der Waals surface area contributed by atoms with Crippen molar-refractivity contribution in [1.82, 2.24) is 4.90 Å². The molecule has 0 bridgehead atoms. The van der Waals surface area contributed by atoms with Crippen LogP contribution in [0.2, 0.25) is 0 Å². The molecular formula is C13H27NO. The number of carbonyl (C=O) groups excluding carboxylic acids is 1. The van der Waals surface area contributed by atoms with E-state index in [1.165, 1.54) is 0 Å². The fraction of sp³-hybridized carbons (Fsp3) is 0.923. The summed E-state index contributed by atoms with van der Waals surface area (Å²) in [5.41, 5.74) is -0.00721. The molecule has 0 saturated carbocycles. The van der Waals surface area contributed by atoms with E-state index >= 15 is 0 Å². The van der Waals surface area contributed by atoms with Crippen LogP contribution in [-0.2, 0) is 4.79 Å². The first-order valence-electron chi connectivity index (χ1n) is 5.72. The van der Waals surface area contributed by atoms with Crippen LogP contribution >= 0.6 is 0 Å². The van der Waals surface area contributed by atoms with Crippen molar-refractivity contribution in [2.24, 2.45) is 10.8 Å². The van der Waals surface area contributed by atoms with Crippen LogP contribution in [0.25, 0.3) is 0 Å². The number of hydrogen-bond acceptors (Lipinski definition) is 1. The van der Waals surface area contributed by atoms with Gasteiger partial charge in [-0.3, -0.25) is 4.79 Å². The molecule has 90 valence electrons. The molecule has 2 nitrogen and oxygen atoms in total. The minimum absolute atomic E-state index is 0.222. The van der Waals surface area contributed by atoms with Gasteiger partial charge in [0.25, 0.3) is 0 Å². The van der Waals surface area contributed by atoms with Crippen molar-refractivity contribution in [2.45, 2.75) is 60.9 Å². The SMILES string of the molecule is C[C@H](CC(C)(C)C)N(C)C(=O)C(C)(C)C. The second-order valence-electron chi connectivity index (χ2n) is 6.78. The fourth-order valence-corrected chi connectivity index (χ4v) is 1.75. The monoisotopic (exact) mass is 213 g/mol. The maximum absolute atomic E-state index is 12.0. The second kappa shape index (κ2) is 4.54. The second-order valence-corrected chi connectivity index (χ2v) is 6.78. The molecule has 0 spiro atoms. The third kappa shape index (κ3) is 5.19. The molecule has 0 aliphatic rings. The van der Waals surface area contributed by atoms with Gasteiger partial charge in [-0.05, 0) is 18.8 Å². The van der Waals surface area contributed by atoms with E-state index in [9.17, 15) is 4.79 Å². The average Bonchev–Trinajstić information content (AvgIpc) is 1.96. The highest BCUT2D eigenvalue weighted by atomic mass is 16.2. The number of hydrogen-bond donors (Lipinski definition) is 0. The van der Waals surface area contributed by atoms with Crippen LogP contribution in [0.15, 0.2) is 0 Å². The Morgan fingerprint density at radius 2 is 1.53 bits per heavy atom. The molecule has 0 aromatic carbocycles. The molecule has 2 heteroatoms. The lowest BCUT2D eigenvalue weighted by Crippen LogP contribution is -2.43. The van der Waals surface area contributed by atoms with Gasteiger partial charge in [0.05, 0.1) is 0 Å². The van der Waals surface area contributed by atoms with E-state index < -0.39 is 0 Å². The van der Waals surface area contributed by atoms with E-state index in [0.29, 0.717) is 6.04 Å². The van der Waals surface area contributed by atoms with Crippen LogP contribution in [0, 0.1) is 10.8 Å². The first kappa shape index (κ1) is 14.5. The quantitative estimate of drug-likeness (QED) is 0.689. The topological polar surface area (TPSA) is 20.3 Å². The molecule has 0 N–H and O–H groups in total. The van der Waals surface area contributed by atoms with Gasteiger partial charge in [0.2, 0.25) is 5.91 Å². The summed E-state index contributed by atoms with van der Waals surface area (Å²) in [5, 5.41) is 0. The van der Waals surface area contributed by atoms with Crippen molar-refractivity contribution in [3.05, 3.63) is 0 Å². The number of nitrogens with zero attached hydrogens (tertiary/aromatic N) is 1. The highest BCUT2D eigenvalue weighted by Crippen LogP contribution is 2.25. The number of carbonyl (C=O) groups is 1. The molecule has 0 aromatic heterocycles. The molecule has 0 aliphatic carbocycles. The van der Waals surface area contributed by atoms with Gasteiger partial charge < -0.3 is 4.90 Å². The number of rotatable bonds is 2. The van der Waals surface area contributed by atoms with E-state index in [1.807, 2.05) is 32.7 Å². The summed E-state index contributed by atoms with van der Waals surface area (Å²) in [6.45, 7) is 14.6. The Morgan fingerprint density at radius 1 is 1.13 bits per heavy atom. The van der Waals surface area contributed by atoms with Gasteiger partial charge in [0.1, 0.15) is 0 Å². The number of amides is 1. The van der Waals surface area contributed by atoms with Gasteiger partial charge >= 0.3 is 0 Å². The summed E-state index contributed by atoms with van der Waals surface area (Å²) < 4.78 is 0. The normalized spacial score (nSPS) is 14.9. The molecule has 0 fully saturated rings. The van der Waals surface area contributed by atoms with Crippen LogP contribution < -0.4 is 0 Å². The smallest absolute Gasteiger partial charge is 0.227 e. The van der Waals surface area contributed by atoms with Crippen LogP contribution in [0.3, 0.4) is 0 Å². The van der Waals surface area contributed by atoms with E-state index in [4.69, 9.17) is 0 Å². The van der Waals surface area contributed by atoms with Gasteiger partial charge in [0.15, 0.2) is 0 Å². The summed E-state index contributed by atoms with van der Waals surface area (Å²) in [6, 6.07) is 0.303. The van der Waals surface area contributed by atoms with Crippen molar-refractivity contribution < 1.29 is 4.79 Å². The summed E-state index contributed by atoms with van der Waals surface area (Å²) >= 11 is 0. The highest BCUT2D eigenvalue weighted by Gasteiger charge is 2.29. The van der Waals surface area contributed by atoms with E-state index in [2.05, 4.69) is 27.7 Å². The minimum atomic E-state index is -0.277. The van der Waals surface area contributed by atoms with Gasteiger partial charge in [-0.15, -0.1) is 0 Å². The van der Waals surface area contributed by atoms with E-state index in [0.717, 1.165) is 6.42 Å². The Bertz CT molecular complexity index is 220. The van der Waals surface area contributed by atoms with Crippen LogP contribution in [0.1, 0.15) is 54.9 Å². The molecule has 0 radical (unpaired) electrons. The first-order valence-corrected chi connectivity index (χ1v) is 5.72. The van der Waals surface area contributed by atoms with Crippen LogP contribution in [0.5, 0.6) is 0 Å². The predicted molar refractivity (Wildman–Crippen MR) is 65.8 cm³/mol. The Kier molecular flexibility index (Phi) is 4.38. The van der Waals surface area contributed by atoms with E-state index in [-0.39, 0.29) is 16.7 Å². The lowest BCUT2D eigenvalue weighted by Gasteiger charge is -2.34. The zero-order chi connectivity index (χ0) is 12.4. The zero-order valence-electron chi connectivity index (χ0n) is 11.6. The predicted octanol–water partition coefficient (Wildman–Crippen LogP) is 3.32. The molecule has 0 saturated heterocycles. The molecule has 1 amide bonds. The van der Waals surface area contributed by atoms with Crippen molar-refractivity contribution in [1.29, 1.82) is 0 Å². The van der Waals surface area contributed by atoms with Crippen LogP contribution in [-0.4, -0.2) is 23.9 Å². The summed E-state index contributed by atoms with van der Waals surface area (Å²) in [6.07, 6.45) is 1.03. The largest absolute Gasteiger partial charge is 0.343 e. The molecule has 0 aliphatic heterocycles. The molecule has 0 heterocycles. The van der Waals surface area contributed by atoms with E-state index in [1.54, 1.807) is 0 Å². The van der Waals surface area contributed by atoms with Crippen LogP contribution in [0.4, 0.5) is 0 Å². The molecule has 15 heavy (non-hydrogen) atoms. The van der Waals surface area contributed by atoms with Gasteiger partial charge in [-0.2, -0.15) is 0 Å². The lowest BCUT2D eigenvalue weighted by atomic mass is 9.87. The van der Waals surface area contributed by atoms with Gasteiger partial charge in [0, 0.05) is 18.5 Å². The average molecular weight is 213 g/mol. The van der Waals surface area contributed by atoms with Crippen molar-refractivity contribution in [2.75, 3.05) is 7.05 Å². The Balaban J connectivity index is 4.46. The highest BCUT2D eigenvalue weighted by molar-refractivity contribution is 5.81. The Hall–Kier alpha value is -0.530. The molecule has 1 atom stereocenters. The third-order valence-corrected chi connectivity index (χ3v) is 2.53. The summed E-state index contributed by atoms with van der Waals surface area (Å²) in [5.74, 6) is 0.222. The van der Waals surface area contributed by atoms with Gasteiger partial charge in [-0.1, -0.05) is 41.5 Å². The third-order valence-electron chi connectivity index (χ3n) is 2.53. The molecular weight excluding hydrogens is 186 g/mol. The van der Waals surface area contributed by atoms with Crippen molar-refractivity contribution in [3.63, 3.8) is 0 Å². The van der Waals surface area contributed by atoms with Crippen molar-refractivity contribution >= 4 is 5.91 Å². The summed E-state index contributed by atoms with van der Waals surface area (Å²) in [4.78, 5) is 13.9. The standard InChI is InChI=1S/C13H27NO/c1-10(9-12(2,3)4)14(8)11(15)13(5,6)7/h10H,9H2,1-8H3/t10-/m1/s1. The maximum Gasteiger partial charge on any atom is 0.227 e.